The van der Waals surface area contributed by atoms with Gasteiger partial charge in [-0.1, -0.05) is 60.7 Å². The van der Waals surface area contributed by atoms with Crippen LogP contribution in [0.5, 0.6) is 0 Å². The zero-order chi connectivity index (χ0) is 16.5. The number of amides is 1. The molecule has 4 aromatic rings. The molecule has 0 aliphatic carbocycles. The zero-order valence-corrected chi connectivity index (χ0v) is 13.4. The van der Waals surface area contributed by atoms with Crippen molar-refractivity contribution in [1.82, 2.24) is 10.3 Å². The van der Waals surface area contributed by atoms with Crippen LogP contribution in [-0.2, 0) is 0 Å². The van der Waals surface area contributed by atoms with Crippen LogP contribution in [0.1, 0.15) is 29.0 Å². The summed E-state index contributed by atoms with van der Waals surface area (Å²) in [5.74, 6) is -0.0911. The molecule has 0 radical (unpaired) electrons. The number of para-hydroxylation sites is 1. The third-order valence-electron chi connectivity index (χ3n) is 4.41. The van der Waals surface area contributed by atoms with E-state index in [1.54, 1.807) is 0 Å². The number of fused-ring (bicyclic) bond motifs is 2. The van der Waals surface area contributed by atoms with E-state index in [1.807, 2.05) is 55.5 Å². The van der Waals surface area contributed by atoms with Crippen molar-refractivity contribution in [1.29, 1.82) is 0 Å². The third kappa shape index (κ3) is 2.54. The lowest BCUT2D eigenvalue weighted by Gasteiger charge is -2.16. The molecule has 0 bridgehead atoms. The Morgan fingerprint density at radius 2 is 1.62 bits per heavy atom. The first kappa shape index (κ1) is 14.5. The Labute approximate surface area is 140 Å². The second-order valence-electron chi connectivity index (χ2n) is 6.03. The molecule has 3 heteroatoms. The van der Waals surface area contributed by atoms with Gasteiger partial charge in [-0.15, -0.1) is 0 Å². The molecule has 0 aliphatic rings. The molecule has 1 amide bonds. The van der Waals surface area contributed by atoms with Crippen molar-refractivity contribution >= 4 is 27.6 Å². The summed E-state index contributed by atoms with van der Waals surface area (Å²) in [6.07, 6.45) is 0. The Hall–Kier alpha value is -3.07. The number of nitrogens with one attached hydrogen (secondary N) is 2. The molecule has 24 heavy (non-hydrogen) atoms. The number of aromatic amines is 1. The van der Waals surface area contributed by atoms with Crippen LogP contribution in [0.4, 0.5) is 0 Å². The quantitative estimate of drug-likeness (QED) is 0.523. The highest BCUT2D eigenvalue weighted by atomic mass is 16.2. The van der Waals surface area contributed by atoms with Crippen molar-refractivity contribution < 1.29 is 4.79 Å². The van der Waals surface area contributed by atoms with E-state index < -0.39 is 0 Å². The lowest BCUT2D eigenvalue weighted by atomic mass is 10.00. The van der Waals surface area contributed by atoms with Crippen molar-refractivity contribution in [2.75, 3.05) is 0 Å². The van der Waals surface area contributed by atoms with Crippen molar-refractivity contribution in [3.05, 3.63) is 84.1 Å². The van der Waals surface area contributed by atoms with Crippen molar-refractivity contribution in [3.8, 4) is 0 Å². The second kappa shape index (κ2) is 5.85. The molecular weight excluding hydrogens is 297 g/mol. The van der Waals surface area contributed by atoms with E-state index in [2.05, 4.69) is 34.6 Å². The van der Waals surface area contributed by atoms with Crippen LogP contribution < -0.4 is 5.32 Å². The van der Waals surface area contributed by atoms with Gasteiger partial charge in [0, 0.05) is 10.9 Å². The molecular formula is C21H18N2O. The summed E-state index contributed by atoms with van der Waals surface area (Å²) in [6.45, 7) is 2.02. The van der Waals surface area contributed by atoms with Crippen LogP contribution >= 0.6 is 0 Å². The maximum absolute atomic E-state index is 12.6. The molecule has 1 aromatic heterocycles. The van der Waals surface area contributed by atoms with Gasteiger partial charge in [-0.05, 0) is 35.4 Å². The van der Waals surface area contributed by atoms with Gasteiger partial charge in [0.05, 0.1) is 6.04 Å². The van der Waals surface area contributed by atoms with Gasteiger partial charge in [0.15, 0.2) is 0 Å². The Morgan fingerprint density at radius 3 is 2.46 bits per heavy atom. The van der Waals surface area contributed by atoms with Gasteiger partial charge in [0.25, 0.3) is 5.91 Å². The number of H-pyrrole nitrogens is 1. The fourth-order valence-electron chi connectivity index (χ4n) is 3.18. The molecule has 2 N–H and O–H groups in total. The number of aromatic nitrogens is 1. The second-order valence-corrected chi connectivity index (χ2v) is 6.03. The molecule has 0 unspecified atom stereocenters. The minimum atomic E-state index is -0.0911. The fraction of sp³-hybridized carbons (Fsp3) is 0.0952. The summed E-state index contributed by atoms with van der Waals surface area (Å²) in [4.78, 5) is 15.8. The van der Waals surface area contributed by atoms with Crippen LogP contribution in [0.2, 0.25) is 0 Å². The highest BCUT2D eigenvalue weighted by Gasteiger charge is 2.15. The molecule has 0 aliphatic heterocycles. The molecule has 118 valence electrons. The third-order valence-corrected chi connectivity index (χ3v) is 4.41. The first-order valence-corrected chi connectivity index (χ1v) is 8.08. The highest BCUT2D eigenvalue weighted by Crippen LogP contribution is 2.24. The SMILES string of the molecule is C[C@H](N[13C](=O)c1cc2ccccc2[nH]1)c1cccc2ccccc12. The molecule has 3 aromatic carbocycles. The summed E-state index contributed by atoms with van der Waals surface area (Å²) in [7, 11) is 0. The molecule has 0 saturated heterocycles. The summed E-state index contributed by atoms with van der Waals surface area (Å²) in [5.41, 5.74) is 2.68. The van der Waals surface area contributed by atoms with E-state index in [0.29, 0.717) is 5.69 Å². The average molecular weight is 315 g/mol. The predicted octanol–water partition coefficient (Wildman–Crippen LogP) is 4.81. The smallest absolute Gasteiger partial charge is 0.268 e. The minimum Gasteiger partial charge on any atom is -0.351 e. The van der Waals surface area contributed by atoms with Gasteiger partial charge in [0.1, 0.15) is 5.69 Å². The number of carbonyl (C=O) groups excluding carboxylic acids is 1. The van der Waals surface area contributed by atoms with Gasteiger partial charge in [-0.3, -0.25) is 4.79 Å². The maximum atomic E-state index is 12.6. The van der Waals surface area contributed by atoms with E-state index >= 15 is 0 Å². The number of hydrogen-bond donors (Lipinski definition) is 2. The summed E-state index contributed by atoms with van der Waals surface area (Å²) < 4.78 is 0. The van der Waals surface area contributed by atoms with Gasteiger partial charge in [0.2, 0.25) is 0 Å². The molecule has 1 atom stereocenters. The minimum absolute atomic E-state index is 0.0741. The van der Waals surface area contributed by atoms with Crippen molar-refractivity contribution in [2.24, 2.45) is 0 Å². The number of benzene rings is 3. The normalized spacial score (nSPS) is 12.4. The molecule has 1 heterocycles. The van der Waals surface area contributed by atoms with Crippen LogP contribution in [0.15, 0.2) is 72.8 Å². The number of carbonyl (C=O) groups is 1. The lowest BCUT2D eigenvalue weighted by Crippen LogP contribution is -2.27. The molecule has 4 rings (SSSR count). The first-order chi connectivity index (χ1) is 11.7. The Morgan fingerprint density at radius 1 is 0.917 bits per heavy atom. The standard InChI is InChI=1S/C21H18N2O/c1-14(17-11-6-9-15-7-2-4-10-18(15)17)22-21(24)20-13-16-8-3-5-12-19(16)23-20/h2-14,23H,1H3,(H,22,24)/t14-/m0/s1/i21+1. The van der Waals surface area contributed by atoms with E-state index in [1.165, 1.54) is 10.8 Å². The van der Waals surface area contributed by atoms with Gasteiger partial charge in [-0.25, -0.2) is 0 Å². The predicted molar refractivity (Wildman–Crippen MR) is 98.1 cm³/mol. The largest absolute Gasteiger partial charge is 0.351 e. The Balaban J connectivity index is 1.63. The summed E-state index contributed by atoms with van der Waals surface area (Å²) in [5, 5.41) is 6.49. The van der Waals surface area contributed by atoms with Crippen LogP contribution in [-0.4, -0.2) is 10.9 Å². The van der Waals surface area contributed by atoms with Gasteiger partial charge >= 0.3 is 0 Å². The van der Waals surface area contributed by atoms with E-state index in [-0.39, 0.29) is 11.9 Å². The maximum Gasteiger partial charge on any atom is 0.268 e. The monoisotopic (exact) mass is 315 g/mol. The van der Waals surface area contributed by atoms with E-state index in [9.17, 15) is 4.79 Å². The fourth-order valence-corrected chi connectivity index (χ4v) is 3.18. The van der Waals surface area contributed by atoms with Gasteiger partial charge < -0.3 is 10.3 Å². The van der Waals surface area contributed by atoms with Crippen LogP contribution in [0.25, 0.3) is 21.7 Å². The Bertz CT molecular complexity index is 994. The summed E-state index contributed by atoms with van der Waals surface area (Å²) >= 11 is 0. The molecule has 3 nitrogen and oxygen atoms in total. The van der Waals surface area contributed by atoms with Crippen molar-refractivity contribution in [2.45, 2.75) is 13.0 Å². The average Bonchev–Trinajstić information content (AvgIpc) is 3.05. The molecule has 0 saturated carbocycles. The Kier molecular flexibility index (Phi) is 3.54. The molecule has 0 spiro atoms. The first-order valence-electron chi connectivity index (χ1n) is 8.08. The van der Waals surface area contributed by atoms with E-state index in [0.717, 1.165) is 16.5 Å². The zero-order valence-electron chi connectivity index (χ0n) is 13.4. The topological polar surface area (TPSA) is 44.9 Å². The lowest BCUT2D eigenvalue weighted by molar-refractivity contribution is 0.0936. The highest BCUT2D eigenvalue weighted by molar-refractivity contribution is 5.98. The molecule has 0 fully saturated rings. The summed E-state index contributed by atoms with van der Waals surface area (Å²) in [6, 6.07) is 24.1. The number of hydrogen-bond acceptors (Lipinski definition) is 1. The number of rotatable bonds is 3. The van der Waals surface area contributed by atoms with Crippen molar-refractivity contribution in [3.63, 3.8) is 0 Å². The van der Waals surface area contributed by atoms with Crippen LogP contribution in [0.3, 0.4) is 0 Å². The van der Waals surface area contributed by atoms with Crippen LogP contribution in [0, 0.1) is 0 Å². The van der Waals surface area contributed by atoms with E-state index in [4.69, 9.17) is 0 Å². The van der Waals surface area contributed by atoms with Gasteiger partial charge in [-0.2, -0.15) is 0 Å².